The predicted molar refractivity (Wildman–Crippen MR) is 101 cm³/mol. The lowest BCUT2D eigenvalue weighted by molar-refractivity contribution is 0.0673. The minimum absolute atomic E-state index is 0.105. The van der Waals surface area contributed by atoms with Crippen molar-refractivity contribution in [2.45, 2.75) is 18.9 Å². The van der Waals surface area contributed by atoms with E-state index in [9.17, 15) is 4.79 Å². The van der Waals surface area contributed by atoms with E-state index in [0.717, 1.165) is 30.4 Å². The zero-order valence-electron chi connectivity index (χ0n) is 14.4. The maximum Gasteiger partial charge on any atom is 0.259 e. The Morgan fingerprint density at radius 2 is 2.04 bits per heavy atom. The molecule has 26 heavy (non-hydrogen) atoms. The van der Waals surface area contributed by atoms with Crippen LogP contribution in [-0.2, 0) is 4.74 Å². The van der Waals surface area contributed by atoms with Crippen LogP contribution in [0.15, 0.2) is 60.8 Å². The molecule has 1 aromatic heterocycles. The van der Waals surface area contributed by atoms with Crippen molar-refractivity contribution in [3.8, 4) is 5.75 Å². The van der Waals surface area contributed by atoms with E-state index in [1.807, 2.05) is 48.5 Å². The van der Waals surface area contributed by atoms with E-state index >= 15 is 0 Å². The summed E-state index contributed by atoms with van der Waals surface area (Å²) in [5.74, 6) is 0.347. The number of pyridine rings is 1. The Balaban J connectivity index is 1.54. The maximum atomic E-state index is 12.8. The molecule has 1 amide bonds. The Labute approximate surface area is 152 Å². The number of benzene rings is 2. The molecular formula is C21H20N2O3. The van der Waals surface area contributed by atoms with E-state index in [2.05, 4.69) is 10.3 Å². The number of hydrogen-bond donors (Lipinski definition) is 1. The molecule has 1 N–H and O–H groups in total. The Hall–Kier alpha value is -2.92. The van der Waals surface area contributed by atoms with E-state index in [0.29, 0.717) is 23.6 Å². The van der Waals surface area contributed by atoms with Crippen molar-refractivity contribution in [2.75, 3.05) is 18.5 Å². The summed E-state index contributed by atoms with van der Waals surface area (Å²) in [4.78, 5) is 17.2. The van der Waals surface area contributed by atoms with Gasteiger partial charge in [0.1, 0.15) is 12.4 Å². The van der Waals surface area contributed by atoms with E-state index < -0.39 is 0 Å². The summed E-state index contributed by atoms with van der Waals surface area (Å²) in [5.41, 5.74) is 1.95. The Bertz CT molecular complexity index is 915. The minimum atomic E-state index is -0.217. The number of hydrogen-bond acceptors (Lipinski definition) is 4. The SMILES string of the molecule is O=C(Nc1cccc2cccnc12)c1ccccc1OCC1CCCO1. The lowest BCUT2D eigenvalue weighted by Gasteiger charge is -2.15. The van der Waals surface area contributed by atoms with E-state index in [1.165, 1.54) is 0 Å². The third-order valence-corrected chi connectivity index (χ3v) is 4.46. The topological polar surface area (TPSA) is 60.5 Å². The summed E-state index contributed by atoms with van der Waals surface area (Å²) in [6.07, 6.45) is 3.88. The Morgan fingerprint density at radius 3 is 2.92 bits per heavy atom. The molecule has 1 unspecified atom stereocenters. The number of fused-ring (bicyclic) bond motifs is 1. The molecule has 0 aliphatic carbocycles. The van der Waals surface area contributed by atoms with Crippen LogP contribution in [0, 0.1) is 0 Å². The van der Waals surface area contributed by atoms with Crippen LogP contribution in [0.5, 0.6) is 5.75 Å². The van der Waals surface area contributed by atoms with Crippen LogP contribution in [0.4, 0.5) is 5.69 Å². The van der Waals surface area contributed by atoms with Crippen molar-refractivity contribution in [3.05, 3.63) is 66.4 Å². The molecule has 0 saturated carbocycles. The fraction of sp³-hybridized carbons (Fsp3) is 0.238. The van der Waals surface area contributed by atoms with Crippen LogP contribution in [-0.4, -0.2) is 30.2 Å². The first-order chi connectivity index (χ1) is 12.8. The first-order valence-corrected chi connectivity index (χ1v) is 8.80. The zero-order chi connectivity index (χ0) is 17.8. The van der Waals surface area contributed by atoms with Crippen molar-refractivity contribution >= 4 is 22.5 Å². The van der Waals surface area contributed by atoms with Gasteiger partial charge in [0.2, 0.25) is 0 Å². The summed E-state index contributed by atoms with van der Waals surface area (Å²) in [6, 6.07) is 16.8. The quantitative estimate of drug-likeness (QED) is 0.756. The third kappa shape index (κ3) is 3.53. The Kier molecular flexibility index (Phi) is 4.80. The first-order valence-electron chi connectivity index (χ1n) is 8.80. The molecule has 0 spiro atoms. The van der Waals surface area contributed by atoms with Gasteiger partial charge in [-0.05, 0) is 37.1 Å². The largest absolute Gasteiger partial charge is 0.490 e. The minimum Gasteiger partial charge on any atom is -0.490 e. The number of aromatic nitrogens is 1. The molecular weight excluding hydrogens is 328 g/mol. The molecule has 2 aromatic carbocycles. The molecule has 0 radical (unpaired) electrons. The molecule has 1 aliphatic rings. The molecule has 3 aromatic rings. The van der Waals surface area contributed by atoms with Gasteiger partial charge < -0.3 is 14.8 Å². The lowest BCUT2D eigenvalue weighted by atomic mass is 10.1. The second-order valence-electron chi connectivity index (χ2n) is 6.28. The van der Waals surface area contributed by atoms with Gasteiger partial charge in [0.15, 0.2) is 0 Å². The number of carbonyl (C=O) groups excluding carboxylic acids is 1. The highest BCUT2D eigenvalue weighted by Gasteiger charge is 2.18. The smallest absolute Gasteiger partial charge is 0.259 e. The van der Waals surface area contributed by atoms with Gasteiger partial charge in [0.05, 0.1) is 22.9 Å². The molecule has 2 heterocycles. The number of nitrogens with one attached hydrogen (secondary N) is 1. The van der Waals surface area contributed by atoms with E-state index in [-0.39, 0.29) is 12.0 Å². The molecule has 1 atom stereocenters. The zero-order valence-corrected chi connectivity index (χ0v) is 14.4. The van der Waals surface area contributed by atoms with Crippen LogP contribution in [0.2, 0.25) is 0 Å². The molecule has 4 rings (SSSR count). The summed E-state index contributed by atoms with van der Waals surface area (Å²) >= 11 is 0. The summed E-state index contributed by atoms with van der Waals surface area (Å²) in [7, 11) is 0. The van der Waals surface area contributed by atoms with Crippen LogP contribution in [0.25, 0.3) is 10.9 Å². The van der Waals surface area contributed by atoms with E-state index in [4.69, 9.17) is 9.47 Å². The van der Waals surface area contributed by atoms with Gasteiger partial charge in [-0.3, -0.25) is 9.78 Å². The fourth-order valence-corrected chi connectivity index (χ4v) is 3.13. The predicted octanol–water partition coefficient (Wildman–Crippen LogP) is 4.04. The number of anilines is 1. The molecule has 5 heteroatoms. The average molecular weight is 348 g/mol. The molecule has 132 valence electrons. The monoisotopic (exact) mass is 348 g/mol. The number of para-hydroxylation sites is 2. The van der Waals surface area contributed by atoms with Crippen LogP contribution in [0.3, 0.4) is 0 Å². The van der Waals surface area contributed by atoms with Crippen molar-refractivity contribution < 1.29 is 14.3 Å². The lowest BCUT2D eigenvalue weighted by Crippen LogP contribution is -2.19. The van der Waals surface area contributed by atoms with Gasteiger partial charge >= 0.3 is 0 Å². The third-order valence-electron chi connectivity index (χ3n) is 4.46. The molecule has 5 nitrogen and oxygen atoms in total. The molecule has 1 aliphatic heterocycles. The summed E-state index contributed by atoms with van der Waals surface area (Å²) < 4.78 is 11.5. The van der Waals surface area contributed by atoms with E-state index in [1.54, 1.807) is 12.3 Å². The standard InChI is InChI=1S/C21H20N2O3/c24-21(23-18-10-3-6-15-7-4-12-22-20(15)18)17-9-1-2-11-19(17)26-14-16-8-5-13-25-16/h1-4,6-7,9-12,16H,5,8,13-14H2,(H,23,24). The first kappa shape index (κ1) is 16.5. The van der Waals surface area contributed by atoms with Gasteiger partial charge in [-0.25, -0.2) is 0 Å². The van der Waals surface area contributed by atoms with Crippen molar-refractivity contribution in [3.63, 3.8) is 0 Å². The van der Waals surface area contributed by atoms with Crippen molar-refractivity contribution in [1.82, 2.24) is 4.98 Å². The summed E-state index contributed by atoms with van der Waals surface area (Å²) in [6.45, 7) is 1.24. The second kappa shape index (κ2) is 7.54. The second-order valence-corrected chi connectivity index (χ2v) is 6.28. The number of ether oxygens (including phenoxy) is 2. The van der Waals surface area contributed by atoms with Gasteiger partial charge in [0.25, 0.3) is 5.91 Å². The number of rotatable bonds is 5. The maximum absolute atomic E-state index is 12.8. The number of nitrogens with zero attached hydrogens (tertiary/aromatic N) is 1. The summed E-state index contributed by atoms with van der Waals surface area (Å²) in [5, 5.41) is 3.94. The molecule has 0 bridgehead atoms. The van der Waals surface area contributed by atoms with Crippen molar-refractivity contribution in [1.29, 1.82) is 0 Å². The van der Waals surface area contributed by atoms with Gasteiger partial charge in [0, 0.05) is 18.2 Å². The molecule has 1 saturated heterocycles. The number of amides is 1. The highest BCUT2D eigenvalue weighted by Crippen LogP contribution is 2.24. The van der Waals surface area contributed by atoms with Gasteiger partial charge in [-0.15, -0.1) is 0 Å². The molecule has 1 fully saturated rings. The number of carbonyl (C=O) groups is 1. The van der Waals surface area contributed by atoms with Crippen LogP contribution in [0.1, 0.15) is 23.2 Å². The fourth-order valence-electron chi connectivity index (χ4n) is 3.13. The average Bonchev–Trinajstić information content (AvgIpc) is 3.20. The highest BCUT2D eigenvalue weighted by molar-refractivity contribution is 6.09. The van der Waals surface area contributed by atoms with Crippen LogP contribution >= 0.6 is 0 Å². The normalized spacial score (nSPS) is 16.5. The van der Waals surface area contributed by atoms with Crippen LogP contribution < -0.4 is 10.1 Å². The van der Waals surface area contributed by atoms with Gasteiger partial charge in [-0.1, -0.05) is 30.3 Å². The van der Waals surface area contributed by atoms with Gasteiger partial charge in [-0.2, -0.15) is 0 Å². The highest BCUT2D eigenvalue weighted by atomic mass is 16.5. The van der Waals surface area contributed by atoms with Crippen molar-refractivity contribution in [2.24, 2.45) is 0 Å². The Morgan fingerprint density at radius 1 is 1.15 bits per heavy atom.